The summed E-state index contributed by atoms with van der Waals surface area (Å²) in [5.74, 6) is -0.385. The summed E-state index contributed by atoms with van der Waals surface area (Å²) >= 11 is 0. The van der Waals surface area contributed by atoms with Crippen LogP contribution in [-0.2, 0) is 9.53 Å². The van der Waals surface area contributed by atoms with Crippen LogP contribution >= 0.6 is 0 Å². The zero-order chi connectivity index (χ0) is 15.8. The first-order chi connectivity index (χ1) is 10.7. The second kappa shape index (κ2) is 8.73. The van der Waals surface area contributed by atoms with Crippen molar-refractivity contribution in [2.24, 2.45) is 0 Å². The van der Waals surface area contributed by atoms with E-state index >= 15 is 0 Å². The van der Waals surface area contributed by atoms with E-state index in [0.717, 1.165) is 44.0 Å². The largest absolute Gasteiger partial charge is 0.388 e. The average molecular weight is 308 g/mol. The van der Waals surface area contributed by atoms with Crippen LogP contribution < -0.4 is 10.4 Å². The number of aliphatic hydroxyl groups is 1. The molecule has 1 aromatic carbocycles. The maximum absolute atomic E-state index is 10.9. The highest BCUT2D eigenvalue weighted by atomic mass is 16.5. The maximum Gasteiger partial charge on any atom is 0.243 e. The number of nitrogens with zero attached hydrogens (tertiary/aromatic N) is 1. The van der Waals surface area contributed by atoms with Crippen LogP contribution in [0, 0.1) is 0 Å². The van der Waals surface area contributed by atoms with E-state index in [-0.39, 0.29) is 12.3 Å². The highest BCUT2D eigenvalue weighted by Gasteiger charge is 2.12. The lowest BCUT2D eigenvalue weighted by molar-refractivity contribution is -0.129. The first kappa shape index (κ1) is 16.7. The van der Waals surface area contributed by atoms with Crippen molar-refractivity contribution in [2.75, 3.05) is 31.2 Å². The van der Waals surface area contributed by atoms with Gasteiger partial charge in [-0.25, -0.2) is 5.48 Å². The molecule has 1 aliphatic heterocycles. The van der Waals surface area contributed by atoms with E-state index in [1.165, 1.54) is 0 Å². The van der Waals surface area contributed by atoms with Crippen LogP contribution in [0.1, 0.15) is 37.4 Å². The highest BCUT2D eigenvalue weighted by Crippen LogP contribution is 2.23. The first-order valence-corrected chi connectivity index (χ1v) is 7.74. The van der Waals surface area contributed by atoms with Crippen molar-refractivity contribution in [3.8, 4) is 0 Å². The summed E-state index contributed by atoms with van der Waals surface area (Å²) < 4.78 is 5.34. The van der Waals surface area contributed by atoms with E-state index in [9.17, 15) is 9.90 Å². The lowest BCUT2D eigenvalue weighted by atomic mass is 10.0. The number of hydrogen-bond acceptors (Lipinski definition) is 5. The molecule has 1 atom stereocenters. The van der Waals surface area contributed by atoms with Gasteiger partial charge < -0.3 is 14.7 Å². The second-order valence-electron chi connectivity index (χ2n) is 5.49. The van der Waals surface area contributed by atoms with Crippen LogP contribution in [0.2, 0.25) is 0 Å². The third kappa shape index (κ3) is 4.98. The molecule has 1 saturated heterocycles. The fraction of sp³-hybridized carbons (Fsp3) is 0.562. The maximum atomic E-state index is 10.9. The van der Waals surface area contributed by atoms with Gasteiger partial charge in [0.15, 0.2) is 0 Å². The molecule has 22 heavy (non-hydrogen) atoms. The lowest BCUT2D eigenvalue weighted by Gasteiger charge is -2.29. The standard InChI is InChI=1S/C16H24N2O4/c19-15(3-1-2-4-16(20)17-21)13-5-7-14(8-6-13)18-9-11-22-12-10-18/h5-8,15,19,21H,1-4,9-12H2,(H,17,20). The van der Waals surface area contributed by atoms with E-state index in [4.69, 9.17) is 9.94 Å². The summed E-state index contributed by atoms with van der Waals surface area (Å²) in [7, 11) is 0. The Kier molecular flexibility index (Phi) is 6.64. The molecule has 1 fully saturated rings. The smallest absolute Gasteiger partial charge is 0.243 e. The van der Waals surface area contributed by atoms with Crippen molar-refractivity contribution in [2.45, 2.75) is 31.8 Å². The van der Waals surface area contributed by atoms with Gasteiger partial charge in [-0.05, 0) is 30.5 Å². The second-order valence-corrected chi connectivity index (χ2v) is 5.49. The summed E-state index contributed by atoms with van der Waals surface area (Å²) in [6, 6.07) is 7.97. The molecule has 2 rings (SSSR count). The normalized spacial score (nSPS) is 16.4. The lowest BCUT2D eigenvalue weighted by Crippen LogP contribution is -2.36. The van der Waals surface area contributed by atoms with Crippen molar-refractivity contribution < 1.29 is 19.8 Å². The molecule has 0 aliphatic carbocycles. The van der Waals surface area contributed by atoms with Crippen LogP contribution in [0.3, 0.4) is 0 Å². The highest BCUT2D eigenvalue weighted by molar-refractivity contribution is 5.74. The van der Waals surface area contributed by atoms with Gasteiger partial charge in [-0.2, -0.15) is 0 Å². The number of hydrogen-bond donors (Lipinski definition) is 3. The van der Waals surface area contributed by atoms with Gasteiger partial charge >= 0.3 is 0 Å². The summed E-state index contributed by atoms with van der Waals surface area (Å²) in [6.45, 7) is 3.31. The van der Waals surface area contributed by atoms with Crippen LogP contribution in [-0.4, -0.2) is 42.5 Å². The molecule has 122 valence electrons. The number of hydroxylamine groups is 1. The average Bonchev–Trinajstić information content (AvgIpc) is 2.59. The van der Waals surface area contributed by atoms with E-state index < -0.39 is 6.10 Å². The Labute approximate surface area is 130 Å². The van der Waals surface area contributed by atoms with E-state index in [1.54, 1.807) is 5.48 Å². The Morgan fingerprint density at radius 1 is 1.23 bits per heavy atom. The van der Waals surface area contributed by atoms with Crippen LogP contribution in [0.5, 0.6) is 0 Å². The van der Waals surface area contributed by atoms with Gasteiger partial charge in [-0.15, -0.1) is 0 Å². The molecule has 0 radical (unpaired) electrons. The Bertz CT molecular complexity index is 458. The quantitative estimate of drug-likeness (QED) is 0.405. The number of morpholine rings is 1. The predicted octanol–water partition coefficient (Wildman–Crippen LogP) is 1.62. The van der Waals surface area contributed by atoms with Crippen LogP contribution in [0.15, 0.2) is 24.3 Å². The SMILES string of the molecule is O=C(CCCCC(O)c1ccc(N2CCOCC2)cc1)NO. The minimum atomic E-state index is -0.518. The monoisotopic (exact) mass is 308 g/mol. The minimum Gasteiger partial charge on any atom is -0.388 e. The van der Waals surface area contributed by atoms with Gasteiger partial charge in [0.25, 0.3) is 0 Å². The summed E-state index contributed by atoms with van der Waals surface area (Å²) in [5, 5.41) is 18.6. The number of carbonyl (C=O) groups excluding carboxylic acids is 1. The molecule has 0 bridgehead atoms. The third-order valence-electron chi connectivity index (χ3n) is 3.91. The topological polar surface area (TPSA) is 82.0 Å². The van der Waals surface area contributed by atoms with Gasteiger partial charge in [0.2, 0.25) is 5.91 Å². The Morgan fingerprint density at radius 3 is 2.55 bits per heavy atom. The van der Waals surface area contributed by atoms with Gasteiger partial charge in [-0.3, -0.25) is 10.0 Å². The number of nitrogens with one attached hydrogen (secondary N) is 1. The minimum absolute atomic E-state index is 0.277. The van der Waals surface area contributed by atoms with Crippen molar-refractivity contribution >= 4 is 11.6 Å². The van der Waals surface area contributed by atoms with Gasteiger partial charge in [0.05, 0.1) is 19.3 Å². The first-order valence-electron chi connectivity index (χ1n) is 7.74. The summed E-state index contributed by atoms with van der Waals surface area (Å²) in [4.78, 5) is 13.1. The Morgan fingerprint density at radius 2 is 1.91 bits per heavy atom. The molecular weight excluding hydrogens is 284 g/mol. The molecule has 1 aromatic rings. The van der Waals surface area contributed by atoms with Crippen molar-refractivity contribution in [3.05, 3.63) is 29.8 Å². The molecule has 0 aromatic heterocycles. The van der Waals surface area contributed by atoms with Crippen LogP contribution in [0.4, 0.5) is 5.69 Å². The zero-order valence-corrected chi connectivity index (χ0v) is 12.7. The van der Waals surface area contributed by atoms with E-state index in [1.807, 2.05) is 24.3 Å². The molecule has 1 amide bonds. The molecule has 6 nitrogen and oxygen atoms in total. The number of unbranched alkanes of at least 4 members (excludes halogenated alkanes) is 1. The summed E-state index contributed by atoms with van der Waals surface area (Å²) in [6.07, 6.45) is 1.75. The van der Waals surface area contributed by atoms with Gasteiger partial charge in [-0.1, -0.05) is 18.6 Å². The number of amides is 1. The fourth-order valence-electron chi connectivity index (χ4n) is 2.57. The van der Waals surface area contributed by atoms with Crippen molar-refractivity contribution in [1.29, 1.82) is 0 Å². The molecule has 1 aliphatic rings. The number of ether oxygens (including phenoxy) is 1. The number of aliphatic hydroxyl groups excluding tert-OH is 1. The fourth-order valence-corrected chi connectivity index (χ4v) is 2.57. The van der Waals surface area contributed by atoms with E-state index in [2.05, 4.69) is 4.90 Å². The van der Waals surface area contributed by atoms with Crippen molar-refractivity contribution in [1.82, 2.24) is 5.48 Å². The molecule has 1 unspecified atom stereocenters. The van der Waals surface area contributed by atoms with Gasteiger partial charge in [0.1, 0.15) is 0 Å². The Hall–Kier alpha value is -1.63. The van der Waals surface area contributed by atoms with Crippen molar-refractivity contribution in [3.63, 3.8) is 0 Å². The molecule has 0 saturated carbocycles. The predicted molar refractivity (Wildman–Crippen MR) is 82.8 cm³/mol. The van der Waals surface area contributed by atoms with Gasteiger partial charge in [0, 0.05) is 25.2 Å². The molecular formula is C16H24N2O4. The van der Waals surface area contributed by atoms with Crippen LogP contribution in [0.25, 0.3) is 0 Å². The third-order valence-corrected chi connectivity index (χ3v) is 3.91. The zero-order valence-electron chi connectivity index (χ0n) is 12.7. The Balaban J connectivity index is 1.77. The van der Waals surface area contributed by atoms with E-state index in [0.29, 0.717) is 12.8 Å². The molecule has 6 heteroatoms. The molecule has 1 heterocycles. The number of anilines is 1. The molecule has 0 spiro atoms. The molecule has 3 N–H and O–H groups in total. The number of benzene rings is 1. The summed E-state index contributed by atoms with van der Waals surface area (Å²) in [5.41, 5.74) is 3.65. The number of rotatable bonds is 7. The number of carbonyl (C=O) groups is 1.